The summed E-state index contributed by atoms with van der Waals surface area (Å²) in [6.07, 6.45) is 4.92. The van der Waals surface area contributed by atoms with Crippen LogP contribution in [0.25, 0.3) is 0 Å². The van der Waals surface area contributed by atoms with Gasteiger partial charge in [0.2, 0.25) is 0 Å². The molecule has 1 aromatic rings. The summed E-state index contributed by atoms with van der Waals surface area (Å²) in [4.78, 5) is 15.0. The average Bonchev–Trinajstić information content (AvgIpc) is 2.30. The molecule has 1 heterocycles. The van der Waals surface area contributed by atoms with Gasteiger partial charge >= 0.3 is 5.97 Å². The Labute approximate surface area is 101 Å². The molecule has 1 unspecified atom stereocenters. The second kappa shape index (κ2) is 6.85. The minimum Gasteiger partial charge on any atom is -0.478 e. The van der Waals surface area contributed by atoms with Crippen LogP contribution in [0.2, 0.25) is 0 Å². The summed E-state index contributed by atoms with van der Waals surface area (Å²) >= 11 is 0. The molecule has 0 saturated carbocycles. The summed E-state index contributed by atoms with van der Waals surface area (Å²) in [5.41, 5.74) is 0.771. The van der Waals surface area contributed by atoms with Crippen LogP contribution in [-0.2, 0) is 4.74 Å². The van der Waals surface area contributed by atoms with E-state index >= 15 is 0 Å². The summed E-state index contributed by atoms with van der Waals surface area (Å²) in [6.45, 7) is 2.62. The number of ether oxygens (including phenoxy) is 1. The van der Waals surface area contributed by atoms with E-state index in [1.165, 1.54) is 18.5 Å². The Morgan fingerprint density at radius 1 is 1.65 bits per heavy atom. The number of carbonyl (C=O) groups is 1. The molecule has 0 aromatic carbocycles. The normalized spacial score (nSPS) is 12.1. The highest BCUT2D eigenvalue weighted by molar-refractivity contribution is 5.93. The first-order valence-electron chi connectivity index (χ1n) is 5.61. The van der Waals surface area contributed by atoms with Gasteiger partial charge in [-0.05, 0) is 12.5 Å². The molecule has 5 nitrogen and oxygen atoms in total. The number of nitrogens with one attached hydrogen (secondary N) is 1. The number of nitrogens with zero attached hydrogens (tertiary/aromatic N) is 1. The lowest BCUT2D eigenvalue weighted by molar-refractivity contribution is 0.0697. The van der Waals surface area contributed by atoms with Crippen LogP contribution in [0.15, 0.2) is 18.5 Å². The fraction of sp³-hybridized carbons (Fsp3) is 0.500. The third-order valence-electron chi connectivity index (χ3n) is 2.42. The molecule has 0 fully saturated rings. The molecule has 1 atom stereocenters. The minimum absolute atomic E-state index is 0.104. The summed E-state index contributed by atoms with van der Waals surface area (Å²) < 4.78 is 5.10. The first kappa shape index (κ1) is 13.4. The van der Waals surface area contributed by atoms with E-state index in [1.54, 1.807) is 7.11 Å². The molecule has 0 radical (unpaired) electrons. The highest BCUT2D eigenvalue weighted by Crippen LogP contribution is 2.16. The summed E-state index contributed by atoms with van der Waals surface area (Å²) in [5, 5.41) is 12.2. The van der Waals surface area contributed by atoms with E-state index < -0.39 is 5.97 Å². The first-order chi connectivity index (χ1) is 8.19. The van der Waals surface area contributed by atoms with Gasteiger partial charge in [0, 0.05) is 19.3 Å². The van der Waals surface area contributed by atoms with Gasteiger partial charge in [-0.2, -0.15) is 0 Å². The maximum atomic E-state index is 11.0. The van der Waals surface area contributed by atoms with Crippen molar-refractivity contribution in [2.45, 2.75) is 25.8 Å². The standard InChI is InChI=1S/C12H18N2O3/c1-3-4-9(8-17-2)14-11-7-13-6-5-10(11)12(15)16/h5-7,9,14H,3-4,8H2,1-2H3,(H,15,16). The minimum atomic E-state index is -0.956. The number of aromatic carboxylic acids is 1. The van der Waals surface area contributed by atoms with Crippen molar-refractivity contribution in [2.75, 3.05) is 19.0 Å². The second-order valence-corrected chi connectivity index (χ2v) is 3.81. The smallest absolute Gasteiger partial charge is 0.337 e. The second-order valence-electron chi connectivity index (χ2n) is 3.81. The Kier molecular flexibility index (Phi) is 5.42. The highest BCUT2D eigenvalue weighted by atomic mass is 16.5. The fourth-order valence-electron chi connectivity index (χ4n) is 1.66. The lowest BCUT2D eigenvalue weighted by Crippen LogP contribution is -2.25. The van der Waals surface area contributed by atoms with Gasteiger partial charge < -0.3 is 15.2 Å². The zero-order valence-electron chi connectivity index (χ0n) is 10.1. The Hall–Kier alpha value is -1.62. The SMILES string of the molecule is CCCC(COC)Nc1cnccc1C(=O)O. The zero-order chi connectivity index (χ0) is 12.7. The van der Waals surface area contributed by atoms with Crippen LogP contribution in [-0.4, -0.2) is 35.8 Å². The van der Waals surface area contributed by atoms with Gasteiger partial charge in [0.25, 0.3) is 0 Å². The van der Waals surface area contributed by atoms with E-state index in [9.17, 15) is 4.79 Å². The number of carboxylic acids is 1. The maximum Gasteiger partial charge on any atom is 0.337 e. The molecule has 0 bridgehead atoms. The van der Waals surface area contributed by atoms with Gasteiger partial charge in [-0.1, -0.05) is 13.3 Å². The van der Waals surface area contributed by atoms with Crippen LogP contribution in [0, 0.1) is 0 Å². The van der Waals surface area contributed by atoms with Gasteiger partial charge in [0.15, 0.2) is 0 Å². The molecule has 0 saturated heterocycles. The Morgan fingerprint density at radius 2 is 2.41 bits per heavy atom. The van der Waals surface area contributed by atoms with Crippen molar-refractivity contribution in [3.63, 3.8) is 0 Å². The number of anilines is 1. The quantitative estimate of drug-likeness (QED) is 0.760. The molecule has 17 heavy (non-hydrogen) atoms. The number of carboxylic acid groups (broad SMARTS) is 1. The Bertz CT molecular complexity index is 363. The number of rotatable bonds is 7. The number of hydrogen-bond donors (Lipinski definition) is 2. The average molecular weight is 238 g/mol. The molecule has 0 aliphatic heterocycles. The molecular weight excluding hydrogens is 220 g/mol. The van der Waals surface area contributed by atoms with E-state index in [1.807, 2.05) is 0 Å². The largest absolute Gasteiger partial charge is 0.478 e. The van der Waals surface area contributed by atoms with Crippen LogP contribution in [0.4, 0.5) is 5.69 Å². The zero-order valence-corrected chi connectivity index (χ0v) is 10.1. The molecule has 2 N–H and O–H groups in total. The van der Waals surface area contributed by atoms with E-state index in [2.05, 4.69) is 17.2 Å². The molecule has 0 aliphatic carbocycles. The van der Waals surface area contributed by atoms with Gasteiger partial charge in [-0.3, -0.25) is 4.98 Å². The van der Waals surface area contributed by atoms with Gasteiger partial charge in [0.05, 0.1) is 24.1 Å². The Balaban J connectivity index is 2.80. The van der Waals surface area contributed by atoms with Crippen LogP contribution < -0.4 is 5.32 Å². The van der Waals surface area contributed by atoms with Crippen LogP contribution in [0.5, 0.6) is 0 Å². The predicted octanol–water partition coefficient (Wildman–Crippen LogP) is 2.01. The van der Waals surface area contributed by atoms with Crippen molar-refractivity contribution in [3.8, 4) is 0 Å². The number of hydrogen-bond acceptors (Lipinski definition) is 4. The molecule has 94 valence electrons. The maximum absolute atomic E-state index is 11.0. The van der Waals surface area contributed by atoms with Gasteiger partial charge in [-0.25, -0.2) is 4.79 Å². The van der Waals surface area contributed by atoms with E-state index in [4.69, 9.17) is 9.84 Å². The van der Waals surface area contributed by atoms with Gasteiger partial charge in [0.1, 0.15) is 0 Å². The number of aromatic nitrogens is 1. The fourth-order valence-corrected chi connectivity index (χ4v) is 1.66. The van der Waals surface area contributed by atoms with Crippen LogP contribution in [0.3, 0.4) is 0 Å². The highest BCUT2D eigenvalue weighted by Gasteiger charge is 2.13. The van der Waals surface area contributed by atoms with E-state index in [0.29, 0.717) is 12.3 Å². The van der Waals surface area contributed by atoms with Gasteiger partial charge in [-0.15, -0.1) is 0 Å². The van der Waals surface area contributed by atoms with Crippen molar-refractivity contribution >= 4 is 11.7 Å². The van der Waals surface area contributed by atoms with E-state index in [0.717, 1.165) is 12.8 Å². The van der Waals surface area contributed by atoms with E-state index in [-0.39, 0.29) is 11.6 Å². The molecule has 1 rings (SSSR count). The van der Waals surface area contributed by atoms with Crippen molar-refractivity contribution in [1.82, 2.24) is 4.98 Å². The molecule has 0 spiro atoms. The van der Waals surface area contributed by atoms with Crippen molar-refractivity contribution in [1.29, 1.82) is 0 Å². The van der Waals surface area contributed by atoms with Crippen LogP contribution in [0.1, 0.15) is 30.1 Å². The van der Waals surface area contributed by atoms with Crippen molar-refractivity contribution in [3.05, 3.63) is 24.0 Å². The summed E-state index contributed by atoms with van der Waals surface area (Å²) in [5.74, 6) is -0.956. The summed E-state index contributed by atoms with van der Waals surface area (Å²) in [6, 6.07) is 1.59. The third kappa shape index (κ3) is 4.03. The van der Waals surface area contributed by atoms with Crippen LogP contribution >= 0.6 is 0 Å². The molecule has 0 aliphatic rings. The third-order valence-corrected chi connectivity index (χ3v) is 2.42. The monoisotopic (exact) mass is 238 g/mol. The lowest BCUT2D eigenvalue weighted by Gasteiger charge is -2.19. The lowest BCUT2D eigenvalue weighted by atomic mass is 10.1. The number of methoxy groups -OCH3 is 1. The first-order valence-corrected chi connectivity index (χ1v) is 5.61. The predicted molar refractivity (Wildman–Crippen MR) is 65.4 cm³/mol. The topological polar surface area (TPSA) is 71.5 Å². The van der Waals surface area contributed by atoms with Crippen molar-refractivity contribution < 1.29 is 14.6 Å². The Morgan fingerprint density at radius 3 is 3.00 bits per heavy atom. The molecule has 5 heteroatoms. The molecule has 1 aromatic heterocycles. The number of pyridine rings is 1. The molecular formula is C12H18N2O3. The molecule has 0 amide bonds. The summed E-state index contributed by atoms with van der Waals surface area (Å²) in [7, 11) is 1.63. The van der Waals surface area contributed by atoms with Crippen molar-refractivity contribution in [2.24, 2.45) is 0 Å².